The number of Topliss-reactive ketones (excluding diaryl/α,β-unsaturated/α-hetero) is 1. The van der Waals surface area contributed by atoms with E-state index in [-0.39, 0.29) is 22.8 Å². The van der Waals surface area contributed by atoms with E-state index < -0.39 is 17.9 Å². The van der Waals surface area contributed by atoms with Crippen molar-refractivity contribution in [3.05, 3.63) is 35.4 Å². The molecular weight excluding hydrogens is 246 g/mol. The predicted octanol–water partition coefficient (Wildman–Crippen LogP) is 1.73. The van der Waals surface area contributed by atoms with E-state index in [0.717, 1.165) is 0 Å². The molecule has 2 N–H and O–H groups in total. The molecular formula is C14H17NO4. The van der Waals surface area contributed by atoms with Crippen LogP contribution in [0, 0.1) is 5.92 Å². The number of carboxylic acid groups (broad SMARTS) is 1. The van der Waals surface area contributed by atoms with Crippen LogP contribution in [0.1, 0.15) is 41.5 Å². The normalized spacial score (nSPS) is 12.0. The van der Waals surface area contributed by atoms with E-state index in [9.17, 15) is 14.4 Å². The summed E-state index contributed by atoms with van der Waals surface area (Å²) in [7, 11) is 0. The molecule has 0 aliphatic rings. The fourth-order valence-corrected chi connectivity index (χ4v) is 1.82. The molecule has 0 saturated carbocycles. The van der Waals surface area contributed by atoms with Gasteiger partial charge in [-0.2, -0.15) is 0 Å². The molecule has 1 rings (SSSR count). The lowest BCUT2D eigenvalue weighted by Gasteiger charge is -2.19. The maximum Gasteiger partial charge on any atom is 0.336 e. The molecule has 19 heavy (non-hydrogen) atoms. The van der Waals surface area contributed by atoms with Crippen molar-refractivity contribution in [2.24, 2.45) is 5.92 Å². The number of ketones is 1. The van der Waals surface area contributed by atoms with Crippen LogP contribution in [0.5, 0.6) is 0 Å². The van der Waals surface area contributed by atoms with Crippen molar-refractivity contribution in [3.63, 3.8) is 0 Å². The van der Waals surface area contributed by atoms with Crippen LogP contribution in [-0.4, -0.2) is 28.8 Å². The molecule has 0 heterocycles. The van der Waals surface area contributed by atoms with Crippen molar-refractivity contribution >= 4 is 17.7 Å². The molecule has 102 valence electrons. The van der Waals surface area contributed by atoms with Gasteiger partial charge in [0, 0.05) is 0 Å². The van der Waals surface area contributed by atoms with E-state index in [4.69, 9.17) is 5.11 Å². The maximum atomic E-state index is 12.1. The van der Waals surface area contributed by atoms with Gasteiger partial charge in [-0.1, -0.05) is 26.0 Å². The number of carbonyl (C=O) groups excluding carboxylic acids is 2. The Morgan fingerprint density at radius 3 is 2.05 bits per heavy atom. The van der Waals surface area contributed by atoms with Gasteiger partial charge in [0.1, 0.15) is 0 Å². The highest BCUT2D eigenvalue weighted by Gasteiger charge is 2.23. The predicted molar refractivity (Wildman–Crippen MR) is 70.2 cm³/mol. The van der Waals surface area contributed by atoms with Gasteiger partial charge in [0.25, 0.3) is 5.91 Å². The van der Waals surface area contributed by atoms with Gasteiger partial charge in [0.05, 0.1) is 17.2 Å². The summed E-state index contributed by atoms with van der Waals surface area (Å²) in [5.74, 6) is -1.93. The molecule has 0 aliphatic carbocycles. The van der Waals surface area contributed by atoms with Crippen LogP contribution in [0.15, 0.2) is 24.3 Å². The quantitative estimate of drug-likeness (QED) is 0.847. The number of carboxylic acids is 1. The minimum Gasteiger partial charge on any atom is -0.478 e. The highest BCUT2D eigenvalue weighted by Crippen LogP contribution is 2.11. The Bertz CT molecular complexity index is 508. The first-order chi connectivity index (χ1) is 8.84. The number of amides is 1. The average Bonchev–Trinajstić information content (AvgIpc) is 2.34. The van der Waals surface area contributed by atoms with Gasteiger partial charge >= 0.3 is 5.97 Å². The summed E-state index contributed by atoms with van der Waals surface area (Å²) in [6.45, 7) is 5.03. The van der Waals surface area contributed by atoms with Crippen LogP contribution in [0.25, 0.3) is 0 Å². The zero-order valence-electron chi connectivity index (χ0n) is 11.1. The zero-order valence-corrected chi connectivity index (χ0v) is 11.1. The van der Waals surface area contributed by atoms with Crippen molar-refractivity contribution in [1.82, 2.24) is 5.32 Å². The minimum atomic E-state index is -1.17. The second-order valence-corrected chi connectivity index (χ2v) is 4.66. The number of carbonyl (C=O) groups is 3. The summed E-state index contributed by atoms with van der Waals surface area (Å²) in [5.41, 5.74) is -0.0204. The van der Waals surface area contributed by atoms with Gasteiger partial charge in [-0.05, 0) is 25.0 Å². The van der Waals surface area contributed by atoms with Gasteiger partial charge in [-0.25, -0.2) is 4.79 Å². The van der Waals surface area contributed by atoms with E-state index in [2.05, 4.69) is 5.32 Å². The first-order valence-corrected chi connectivity index (χ1v) is 5.98. The van der Waals surface area contributed by atoms with Crippen molar-refractivity contribution in [2.45, 2.75) is 26.8 Å². The highest BCUT2D eigenvalue weighted by atomic mass is 16.4. The van der Waals surface area contributed by atoms with Crippen molar-refractivity contribution in [1.29, 1.82) is 0 Å². The van der Waals surface area contributed by atoms with Crippen LogP contribution < -0.4 is 5.32 Å². The van der Waals surface area contributed by atoms with E-state index in [1.165, 1.54) is 19.1 Å². The summed E-state index contributed by atoms with van der Waals surface area (Å²) in [4.78, 5) is 34.5. The number of rotatable bonds is 5. The van der Waals surface area contributed by atoms with Crippen LogP contribution in [0.2, 0.25) is 0 Å². The van der Waals surface area contributed by atoms with Crippen LogP contribution in [0.4, 0.5) is 0 Å². The summed E-state index contributed by atoms with van der Waals surface area (Å²) < 4.78 is 0. The average molecular weight is 263 g/mol. The topological polar surface area (TPSA) is 83.5 Å². The van der Waals surface area contributed by atoms with E-state index in [1.807, 2.05) is 13.8 Å². The van der Waals surface area contributed by atoms with E-state index in [1.54, 1.807) is 12.1 Å². The van der Waals surface area contributed by atoms with Crippen LogP contribution in [-0.2, 0) is 4.79 Å². The monoisotopic (exact) mass is 263 g/mol. The summed E-state index contributed by atoms with van der Waals surface area (Å²) in [6, 6.07) is 5.30. The first kappa shape index (κ1) is 14.9. The van der Waals surface area contributed by atoms with Gasteiger partial charge in [0.2, 0.25) is 0 Å². The number of hydrogen-bond acceptors (Lipinski definition) is 3. The third-order valence-corrected chi connectivity index (χ3v) is 2.79. The molecule has 0 aromatic heterocycles. The Balaban J connectivity index is 3.01. The van der Waals surface area contributed by atoms with Gasteiger partial charge in [0.15, 0.2) is 5.78 Å². The molecule has 5 nitrogen and oxygen atoms in total. The molecule has 0 fully saturated rings. The van der Waals surface area contributed by atoms with E-state index in [0.29, 0.717) is 0 Å². The molecule has 0 radical (unpaired) electrons. The second-order valence-electron chi connectivity index (χ2n) is 4.66. The second kappa shape index (κ2) is 6.13. The smallest absolute Gasteiger partial charge is 0.336 e. The number of nitrogens with one attached hydrogen (secondary N) is 1. The zero-order chi connectivity index (χ0) is 14.6. The number of hydrogen-bond donors (Lipinski definition) is 2. The van der Waals surface area contributed by atoms with Crippen LogP contribution in [0.3, 0.4) is 0 Å². The molecule has 1 unspecified atom stereocenters. The standard InChI is InChI=1S/C14H17NO4/c1-8(2)12(9(3)16)15-13(17)10-6-4-5-7-11(10)14(18)19/h4-8,12H,1-3H3,(H,15,17)(H,18,19). The largest absolute Gasteiger partial charge is 0.478 e. The molecule has 1 aromatic rings. The molecule has 1 aromatic carbocycles. The first-order valence-electron chi connectivity index (χ1n) is 5.98. The third kappa shape index (κ3) is 3.64. The Kier molecular flexibility index (Phi) is 4.80. The number of benzene rings is 1. The van der Waals surface area contributed by atoms with Crippen molar-refractivity contribution < 1.29 is 19.5 Å². The lowest BCUT2D eigenvalue weighted by Crippen LogP contribution is -2.43. The molecule has 0 saturated heterocycles. The highest BCUT2D eigenvalue weighted by molar-refractivity contribution is 6.05. The summed E-state index contributed by atoms with van der Waals surface area (Å²) in [5, 5.41) is 11.6. The molecule has 1 atom stereocenters. The van der Waals surface area contributed by atoms with E-state index >= 15 is 0 Å². The van der Waals surface area contributed by atoms with Crippen molar-refractivity contribution in [3.8, 4) is 0 Å². The number of aromatic carboxylic acids is 1. The Labute approximate surface area is 111 Å². The Hall–Kier alpha value is -2.17. The van der Waals surface area contributed by atoms with Crippen LogP contribution >= 0.6 is 0 Å². The Morgan fingerprint density at radius 1 is 1.11 bits per heavy atom. The molecule has 0 spiro atoms. The third-order valence-electron chi connectivity index (χ3n) is 2.79. The maximum absolute atomic E-state index is 12.1. The van der Waals surface area contributed by atoms with Gasteiger partial charge < -0.3 is 10.4 Å². The van der Waals surface area contributed by atoms with Crippen molar-refractivity contribution in [2.75, 3.05) is 0 Å². The fraction of sp³-hybridized carbons (Fsp3) is 0.357. The lowest BCUT2D eigenvalue weighted by molar-refractivity contribution is -0.119. The minimum absolute atomic E-state index is 0.0570. The van der Waals surface area contributed by atoms with Gasteiger partial charge in [-0.15, -0.1) is 0 Å². The molecule has 1 amide bonds. The molecule has 5 heteroatoms. The molecule has 0 bridgehead atoms. The van der Waals surface area contributed by atoms with Gasteiger partial charge in [-0.3, -0.25) is 9.59 Å². The fourth-order valence-electron chi connectivity index (χ4n) is 1.82. The Morgan fingerprint density at radius 2 is 1.63 bits per heavy atom. The SMILES string of the molecule is CC(=O)C(NC(=O)c1ccccc1C(=O)O)C(C)C. The lowest BCUT2D eigenvalue weighted by atomic mass is 9.99. The molecule has 0 aliphatic heterocycles. The summed E-state index contributed by atoms with van der Waals surface area (Å²) in [6.07, 6.45) is 0. The summed E-state index contributed by atoms with van der Waals surface area (Å²) >= 11 is 0.